The van der Waals surface area contributed by atoms with Crippen LogP contribution < -0.4 is 5.32 Å². The molecule has 0 heterocycles. The fourth-order valence-electron chi connectivity index (χ4n) is 3.23. The summed E-state index contributed by atoms with van der Waals surface area (Å²) in [6.45, 7) is 3.24. The Hall–Kier alpha value is -0.240. The van der Waals surface area contributed by atoms with E-state index in [1.807, 2.05) is 18.2 Å². The number of benzene rings is 1. The first-order chi connectivity index (χ1) is 9.72. The molecule has 1 N–H and O–H groups in total. The van der Waals surface area contributed by atoms with Gasteiger partial charge in [0, 0.05) is 16.1 Å². The van der Waals surface area contributed by atoms with Crippen LogP contribution in [0.5, 0.6) is 0 Å². The number of hydrogen-bond acceptors (Lipinski definition) is 1. The highest BCUT2D eigenvalue weighted by atomic mass is 35.5. The summed E-state index contributed by atoms with van der Waals surface area (Å²) in [6, 6.07) is 6.19. The SMILES string of the molecule is CCCNC(c1cc(Cl)ccc1Cl)C1CCCCCC1. The number of nitrogens with one attached hydrogen (secondary N) is 1. The highest BCUT2D eigenvalue weighted by Crippen LogP contribution is 2.37. The van der Waals surface area contributed by atoms with Crippen molar-refractivity contribution in [1.82, 2.24) is 5.32 Å². The van der Waals surface area contributed by atoms with Gasteiger partial charge >= 0.3 is 0 Å². The average Bonchev–Trinajstić information content (AvgIpc) is 2.72. The summed E-state index contributed by atoms with van der Waals surface area (Å²) in [7, 11) is 0. The molecule has 1 aliphatic carbocycles. The van der Waals surface area contributed by atoms with Gasteiger partial charge in [0.2, 0.25) is 0 Å². The topological polar surface area (TPSA) is 12.0 Å². The molecule has 0 saturated heterocycles. The van der Waals surface area contributed by atoms with E-state index in [1.54, 1.807) is 0 Å². The first-order valence-corrected chi connectivity index (χ1v) is 8.66. The van der Waals surface area contributed by atoms with Gasteiger partial charge in [-0.1, -0.05) is 55.8 Å². The van der Waals surface area contributed by atoms with Gasteiger partial charge in [0.05, 0.1) is 0 Å². The van der Waals surface area contributed by atoms with E-state index in [0.29, 0.717) is 12.0 Å². The molecule has 0 aromatic heterocycles. The molecule has 3 heteroatoms. The van der Waals surface area contributed by atoms with Crippen LogP contribution in [0.25, 0.3) is 0 Å². The van der Waals surface area contributed by atoms with E-state index in [1.165, 1.54) is 44.1 Å². The third-order valence-corrected chi connectivity index (χ3v) is 4.86. The van der Waals surface area contributed by atoms with E-state index in [0.717, 1.165) is 23.0 Å². The van der Waals surface area contributed by atoms with Gasteiger partial charge in [0.25, 0.3) is 0 Å². The van der Waals surface area contributed by atoms with E-state index < -0.39 is 0 Å². The minimum atomic E-state index is 0.347. The third kappa shape index (κ3) is 4.38. The van der Waals surface area contributed by atoms with Crippen LogP contribution in [-0.4, -0.2) is 6.54 Å². The molecule has 0 bridgehead atoms. The summed E-state index contributed by atoms with van der Waals surface area (Å²) in [5, 5.41) is 5.33. The molecule has 1 aliphatic rings. The number of rotatable bonds is 5. The fraction of sp³-hybridized carbons (Fsp3) is 0.647. The van der Waals surface area contributed by atoms with Crippen LogP contribution in [0, 0.1) is 5.92 Å². The molecule has 0 radical (unpaired) electrons. The molecule has 1 saturated carbocycles. The van der Waals surface area contributed by atoms with Crippen molar-refractivity contribution in [2.75, 3.05) is 6.54 Å². The number of hydrogen-bond donors (Lipinski definition) is 1. The van der Waals surface area contributed by atoms with Crippen molar-refractivity contribution in [1.29, 1.82) is 0 Å². The summed E-state index contributed by atoms with van der Waals surface area (Å²) in [6.07, 6.45) is 9.16. The van der Waals surface area contributed by atoms with Gasteiger partial charge < -0.3 is 5.32 Å². The highest BCUT2D eigenvalue weighted by Gasteiger charge is 2.25. The lowest BCUT2D eigenvalue weighted by Crippen LogP contribution is -2.29. The van der Waals surface area contributed by atoms with Crippen LogP contribution in [0.4, 0.5) is 0 Å². The number of halogens is 2. The van der Waals surface area contributed by atoms with Crippen molar-refractivity contribution in [3.63, 3.8) is 0 Å². The predicted octanol–water partition coefficient (Wildman–Crippen LogP) is 6.00. The standard InChI is InChI=1S/C17H25Cl2N/c1-2-11-20-17(13-7-5-3-4-6-8-13)15-12-14(18)9-10-16(15)19/h9-10,12-13,17,20H,2-8,11H2,1H3. The van der Waals surface area contributed by atoms with E-state index in [-0.39, 0.29) is 0 Å². The zero-order chi connectivity index (χ0) is 14.4. The molecule has 2 rings (SSSR count). The van der Waals surface area contributed by atoms with Crippen molar-refractivity contribution >= 4 is 23.2 Å². The smallest absolute Gasteiger partial charge is 0.0454 e. The second-order valence-electron chi connectivity index (χ2n) is 5.85. The Morgan fingerprint density at radius 1 is 1.15 bits per heavy atom. The van der Waals surface area contributed by atoms with Gasteiger partial charge in [0.1, 0.15) is 0 Å². The zero-order valence-electron chi connectivity index (χ0n) is 12.3. The van der Waals surface area contributed by atoms with Crippen molar-refractivity contribution < 1.29 is 0 Å². The summed E-state index contributed by atoms with van der Waals surface area (Å²) in [5.74, 6) is 0.681. The second kappa shape index (κ2) is 8.26. The Morgan fingerprint density at radius 2 is 1.85 bits per heavy atom. The van der Waals surface area contributed by atoms with Crippen LogP contribution in [0.3, 0.4) is 0 Å². The molecular weight excluding hydrogens is 289 g/mol. The van der Waals surface area contributed by atoms with Gasteiger partial charge in [-0.05, 0) is 55.5 Å². The van der Waals surface area contributed by atoms with Gasteiger partial charge in [-0.15, -0.1) is 0 Å². The third-order valence-electron chi connectivity index (χ3n) is 4.28. The highest BCUT2D eigenvalue weighted by molar-refractivity contribution is 6.33. The molecule has 1 aromatic rings. The molecule has 0 spiro atoms. The van der Waals surface area contributed by atoms with E-state index in [2.05, 4.69) is 12.2 Å². The summed E-state index contributed by atoms with van der Waals surface area (Å²) in [4.78, 5) is 0. The molecule has 0 aliphatic heterocycles. The normalized spacial score (nSPS) is 18.8. The Balaban J connectivity index is 2.22. The molecular formula is C17H25Cl2N. The monoisotopic (exact) mass is 313 g/mol. The largest absolute Gasteiger partial charge is 0.310 e. The van der Waals surface area contributed by atoms with Crippen molar-refractivity contribution in [3.8, 4) is 0 Å². The minimum Gasteiger partial charge on any atom is -0.310 e. The first kappa shape index (κ1) is 16.1. The van der Waals surface area contributed by atoms with E-state index in [9.17, 15) is 0 Å². The van der Waals surface area contributed by atoms with E-state index in [4.69, 9.17) is 23.2 Å². The predicted molar refractivity (Wildman–Crippen MR) is 88.7 cm³/mol. The Morgan fingerprint density at radius 3 is 2.50 bits per heavy atom. The van der Waals surface area contributed by atoms with Gasteiger partial charge in [-0.3, -0.25) is 0 Å². The lowest BCUT2D eigenvalue weighted by atomic mass is 9.87. The zero-order valence-corrected chi connectivity index (χ0v) is 13.8. The molecule has 1 unspecified atom stereocenters. The summed E-state index contributed by atoms with van der Waals surface area (Å²) in [5.41, 5.74) is 1.18. The second-order valence-corrected chi connectivity index (χ2v) is 6.69. The summed E-state index contributed by atoms with van der Waals surface area (Å²) < 4.78 is 0. The van der Waals surface area contributed by atoms with Gasteiger partial charge in [0.15, 0.2) is 0 Å². The van der Waals surface area contributed by atoms with Crippen LogP contribution >= 0.6 is 23.2 Å². The maximum absolute atomic E-state index is 6.43. The maximum atomic E-state index is 6.43. The quantitative estimate of drug-likeness (QED) is 0.657. The van der Waals surface area contributed by atoms with Crippen LogP contribution in [-0.2, 0) is 0 Å². The molecule has 20 heavy (non-hydrogen) atoms. The molecule has 112 valence electrons. The Labute approximate surface area is 133 Å². The van der Waals surface area contributed by atoms with Gasteiger partial charge in [-0.25, -0.2) is 0 Å². The molecule has 1 fully saturated rings. The van der Waals surface area contributed by atoms with Crippen LogP contribution in [0.1, 0.15) is 63.5 Å². The molecule has 0 amide bonds. The maximum Gasteiger partial charge on any atom is 0.0454 e. The van der Waals surface area contributed by atoms with Crippen molar-refractivity contribution in [2.45, 2.75) is 57.9 Å². The van der Waals surface area contributed by atoms with Crippen LogP contribution in [0.15, 0.2) is 18.2 Å². The lowest BCUT2D eigenvalue weighted by Gasteiger charge is -2.28. The fourth-order valence-corrected chi connectivity index (χ4v) is 3.64. The first-order valence-electron chi connectivity index (χ1n) is 7.90. The average molecular weight is 314 g/mol. The lowest BCUT2D eigenvalue weighted by molar-refractivity contribution is 0.326. The molecule has 1 atom stereocenters. The Bertz CT molecular complexity index is 411. The van der Waals surface area contributed by atoms with Crippen LogP contribution in [0.2, 0.25) is 10.0 Å². The van der Waals surface area contributed by atoms with Gasteiger partial charge in [-0.2, -0.15) is 0 Å². The van der Waals surface area contributed by atoms with Crippen molar-refractivity contribution in [2.24, 2.45) is 5.92 Å². The van der Waals surface area contributed by atoms with Crippen molar-refractivity contribution in [3.05, 3.63) is 33.8 Å². The summed E-state index contributed by atoms with van der Waals surface area (Å²) >= 11 is 12.6. The minimum absolute atomic E-state index is 0.347. The Kier molecular flexibility index (Phi) is 6.67. The molecule has 1 nitrogen and oxygen atoms in total. The molecule has 1 aromatic carbocycles. The van der Waals surface area contributed by atoms with E-state index >= 15 is 0 Å².